The first-order chi connectivity index (χ1) is 9.38. The van der Waals surface area contributed by atoms with Crippen LogP contribution in [0.4, 0.5) is 5.69 Å². The van der Waals surface area contributed by atoms with E-state index in [0.717, 1.165) is 10.7 Å². The molecule has 0 unspecified atom stereocenters. The monoisotopic (exact) mass is 289 g/mol. The van der Waals surface area contributed by atoms with Gasteiger partial charge in [0, 0.05) is 16.5 Å². The fraction of sp³-hybridized carbons (Fsp3) is 0.333. The van der Waals surface area contributed by atoms with E-state index in [1.54, 1.807) is 29.5 Å². The van der Waals surface area contributed by atoms with E-state index >= 15 is 0 Å². The zero-order valence-electron chi connectivity index (χ0n) is 11.9. The van der Waals surface area contributed by atoms with Crippen LogP contribution in [-0.2, 0) is 12.0 Å². The SMILES string of the molecule is CC(C)(C)c1csc(CNC(=O)c2ccccc2N)n1. The Labute approximate surface area is 123 Å². The van der Waals surface area contributed by atoms with Crippen LogP contribution >= 0.6 is 11.3 Å². The number of nitrogens with one attached hydrogen (secondary N) is 1. The van der Waals surface area contributed by atoms with Gasteiger partial charge in [0.1, 0.15) is 5.01 Å². The Morgan fingerprint density at radius 2 is 2.05 bits per heavy atom. The van der Waals surface area contributed by atoms with Crippen LogP contribution in [0.3, 0.4) is 0 Å². The molecule has 2 aromatic rings. The van der Waals surface area contributed by atoms with Gasteiger partial charge in [-0.15, -0.1) is 11.3 Å². The normalized spacial score (nSPS) is 11.3. The van der Waals surface area contributed by atoms with Crippen LogP contribution in [0.1, 0.15) is 41.8 Å². The van der Waals surface area contributed by atoms with Crippen LogP contribution in [-0.4, -0.2) is 10.9 Å². The van der Waals surface area contributed by atoms with Gasteiger partial charge < -0.3 is 11.1 Å². The van der Waals surface area contributed by atoms with Crippen molar-refractivity contribution in [3.8, 4) is 0 Å². The maximum atomic E-state index is 12.0. The van der Waals surface area contributed by atoms with Crippen molar-refractivity contribution in [2.75, 3.05) is 5.73 Å². The first-order valence-electron chi connectivity index (χ1n) is 6.45. The number of carbonyl (C=O) groups excluding carboxylic acids is 1. The number of carbonyl (C=O) groups is 1. The molecule has 0 radical (unpaired) electrons. The molecule has 20 heavy (non-hydrogen) atoms. The van der Waals surface area contributed by atoms with E-state index in [0.29, 0.717) is 17.8 Å². The Hall–Kier alpha value is -1.88. The Bertz CT molecular complexity index is 614. The maximum Gasteiger partial charge on any atom is 0.253 e. The molecule has 0 aliphatic carbocycles. The number of nitrogens with two attached hydrogens (primary N) is 1. The van der Waals surface area contributed by atoms with E-state index in [2.05, 4.69) is 31.1 Å². The van der Waals surface area contributed by atoms with E-state index in [9.17, 15) is 4.79 Å². The summed E-state index contributed by atoms with van der Waals surface area (Å²) in [4.78, 5) is 16.6. The predicted molar refractivity (Wildman–Crippen MR) is 82.8 cm³/mol. The number of thiazole rings is 1. The molecule has 106 valence electrons. The van der Waals surface area contributed by atoms with E-state index in [4.69, 9.17) is 5.73 Å². The third-order valence-electron chi connectivity index (χ3n) is 2.93. The van der Waals surface area contributed by atoms with Gasteiger partial charge in [-0.2, -0.15) is 0 Å². The molecule has 0 fully saturated rings. The number of rotatable bonds is 3. The number of amides is 1. The number of aromatic nitrogens is 1. The Morgan fingerprint density at radius 1 is 1.35 bits per heavy atom. The van der Waals surface area contributed by atoms with Gasteiger partial charge in [-0.3, -0.25) is 4.79 Å². The molecule has 1 amide bonds. The summed E-state index contributed by atoms with van der Waals surface area (Å²) in [6.07, 6.45) is 0. The highest BCUT2D eigenvalue weighted by Gasteiger charge is 2.17. The molecule has 0 saturated carbocycles. The molecule has 4 nitrogen and oxygen atoms in total. The lowest BCUT2D eigenvalue weighted by molar-refractivity contribution is 0.0951. The zero-order valence-corrected chi connectivity index (χ0v) is 12.8. The summed E-state index contributed by atoms with van der Waals surface area (Å²) in [6.45, 7) is 6.78. The van der Waals surface area contributed by atoms with E-state index < -0.39 is 0 Å². The second kappa shape index (κ2) is 5.63. The summed E-state index contributed by atoms with van der Waals surface area (Å²) in [5.41, 5.74) is 7.84. The minimum absolute atomic E-state index is 0.0304. The molecule has 1 aromatic heterocycles. The first-order valence-corrected chi connectivity index (χ1v) is 7.33. The number of hydrogen-bond acceptors (Lipinski definition) is 4. The highest BCUT2D eigenvalue weighted by Crippen LogP contribution is 2.23. The molecule has 0 aliphatic rings. The Morgan fingerprint density at radius 3 is 2.65 bits per heavy atom. The summed E-state index contributed by atoms with van der Waals surface area (Å²) in [5.74, 6) is -0.171. The summed E-state index contributed by atoms with van der Waals surface area (Å²) < 4.78 is 0. The number of nitrogens with zero attached hydrogens (tertiary/aromatic N) is 1. The van der Waals surface area contributed by atoms with Crippen LogP contribution in [0.15, 0.2) is 29.6 Å². The van der Waals surface area contributed by atoms with Crippen LogP contribution in [0.25, 0.3) is 0 Å². The number of anilines is 1. The standard InChI is InChI=1S/C15H19N3OS/c1-15(2,3)12-9-20-13(18-12)8-17-14(19)10-6-4-5-7-11(10)16/h4-7,9H,8,16H2,1-3H3,(H,17,19). The van der Waals surface area contributed by atoms with Crippen molar-refractivity contribution in [3.63, 3.8) is 0 Å². The van der Waals surface area contributed by atoms with Gasteiger partial charge in [0.05, 0.1) is 17.8 Å². The minimum Gasteiger partial charge on any atom is -0.398 e. The molecule has 1 aromatic carbocycles. The second-order valence-corrected chi connectivity index (χ2v) is 6.59. The molecule has 0 atom stereocenters. The van der Waals surface area contributed by atoms with Crippen molar-refractivity contribution in [2.24, 2.45) is 0 Å². The maximum absolute atomic E-state index is 12.0. The number of benzene rings is 1. The van der Waals surface area contributed by atoms with Gasteiger partial charge in [-0.05, 0) is 12.1 Å². The van der Waals surface area contributed by atoms with Crippen LogP contribution in [0, 0.1) is 0 Å². The van der Waals surface area contributed by atoms with Crippen molar-refractivity contribution in [3.05, 3.63) is 45.9 Å². The van der Waals surface area contributed by atoms with Crippen LogP contribution in [0.2, 0.25) is 0 Å². The fourth-order valence-electron chi connectivity index (χ4n) is 1.69. The van der Waals surface area contributed by atoms with E-state index in [1.165, 1.54) is 0 Å². The van der Waals surface area contributed by atoms with Gasteiger partial charge in [0.25, 0.3) is 5.91 Å². The summed E-state index contributed by atoms with van der Waals surface area (Å²) in [7, 11) is 0. The predicted octanol–water partition coefficient (Wildman–Crippen LogP) is 2.95. The van der Waals surface area contributed by atoms with Crippen molar-refractivity contribution in [2.45, 2.75) is 32.7 Å². The van der Waals surface area contributed by atoms with E-state index in [1.807, 2.05) is 11.4 Å². The van der Waals surface area contributed by atoms with Crippen molar-refractivity contribution in [1.82, 2.24) is 10.3 Å². The average Bonchev–Trinajstić information content (AvgIpc) is 2.85. The molecule has 3 N–H and O–H groups in total. The van der Waals surface area contributed by atoms with Gasteiger partial charge in [0.2, 0.25) is 0 Å². The molecule has 0 aliphatic heterocycles. The van der Waals surface area contributed by atoms with E-state index in [-0.39, 0.29) is 11.3 Å². The van der Waals surface area contributed by atoms with Crippen LogP contribution in [0.5, 0.6) is 0 Å². The summed E-state index contributed by atoms with van der Waals surface area (Å²) >= 11 is 1.56. The lowest BCUT2D eigenvalue weighted by atomic mass is 9.93. The molecule has 2 rings (SSSR count). The molecular formula is C15H19N3OS. The molecule has 0 bridgehead atoms. The highest BCUT2D eigenvalue weighted by atomic mass is 32.1. The Balaban J connectivity index is 2.01. The van der Waals surface area contributed by atoms with Crippen molar-refractivity contribution < 1.29 is 4.79 Å². The highest BCUT2D eigenvalue weighted by molar-refractivity contribution is 7.09. The van der Waals surface area contributed by atoms with Gasteiger partial charge >= 0.3 is 0 Å². The third-order valence-corrected chi connectivity index (χ3v) is 3.77. The molecule has 0 spiro atoms. The minimum atomic E-state index is -0.171. The summed E-state index contributed by atoms with van der Waals surface area (Å²) in [6, 6.07) is 7.04. The third kappa shape index (κ3) is 3.36. The van der Waals surface area contributed by atoms with Gasteiger partial charge in [0.15, 0.2) is 0 Å². The van der Waals surface area contributed by atoms with Gasteiger partial charge in [-0.25, -0.2) is 4.98 Å². The quantitative estimate of drug-likeness (QED) is 0.854. The smallest absolute Gasteiger partial charge is 0.253 e. The van der Waals surface area contributed by atoms with Crippen molar-refractivity contribution >= 4 is 22.9 Å². The zero-order chi connectivity index (χ0) is 14.8. The average molecular weight is 289 g/mol. The Kier molecular flexibility index (Phi) is 4.09. The van der Waals surface area contributed by atoms with Gasteiger partial charge in [-0.1, -0.05) is 32.9 Å². The topological polar surface area (TPSA) is 68.0 Å². The molecule has 5 heteroatoms. The molecular weight excluding hydrogens is 270 g/mol. The lowest BCUT2D eigenvalue weighted by Gasteiger charge is -2.14. The van der Waals surface area contributed by atoms with Crippen LogP contribution < -0.4 is 11.1 Å². The number of hydrogen-bond donors (Lipinski definition) is 2. The van der Waals surface area contributed by atoms with Crippen molar-refractivity contribution in [1.29, 1.82) is 0 Å². The lowest BCUT2D eigenvalue weighted by Crippen LogP contribution is -2.23. The molecule has 1 heterocycles. The molecule has 0 saturated heterocycles. The fourth-order valence-corrected chi connectivity index (χ4v) is 2.65. The number of para-hydroxylation sites is 1. The largest absolute Gasteiger partial charge is 0.398 e. The summed E-state index contributed by atoms with van der Waals surface area (Å²) in [5, 5.41) is 5.79. The number of nitrogen functional groups attached to an aromatic ring is 1. The second-order valence-electron chi connectivity index (χ2n) is 5.65. The first kappa shape index (κ1) is 14.5.